The summed E-state index contributed by atoms with van der Waals surface area (Å²) in [6, 6.07) is 5.17. The lowest BCUT2D eigenvalue weighted by atomic mass is 10.1. The summed E-state index contributed by atoms with van der Waals surface area (Å²) < 4.78 is 3.63. The molecule has 2 aromatic heterocycles. The van der Waals surface area contributed by atoms with E-state index in [1.165, 1.54) is 0 Å². The number of nitrogens with two attached hydrogens (primary N) is 1. The maximum Gasteiger partial charge on any atom is 0.276 e. The molecule has 0 unspecified atom stereocenters. The van der Waals surface area contributed by atoms with Gasteiger partial charge in [0.15, 0.2) is 0 Å². The van der Waals surface area contributed by atoms with Crippen molar-refractivity contribution in [1.82, 2.24) is 19.3 Å². The number of nitrogens with one attached hydrogen (secondary N) is 1. The van der Waals surface area contributed by atoms with E-state index in [0.29, 0.717) is 41.1 Å². The van der Waals surface area contributed by atoms with E-state index in [2.05, 4.69) is 38.3 Å². The Labute approximate surface area is 171 Å². The number of imidazole rings is 1. The number of hydrogen-bond acceptors (Lipinski definition) is 4. The minimum absolute atomic E-state index is 0.273. The molecule has 3 N–H and O–H groups in total. The van der Waals surface area contributed by atoms with Crippen molar-refractivity contribution >= 4 is 44.7 Å². The van der Waals surface area contributed by atoms with Gasteiger partial charge in [0, 0.05) is 24.0 Å². The van der Waals surface area contributed by atoms with Crippen LogP contribution in [0.25, 0.3) is 11.0 Å². The third-order valence-electron chi connectivity index (χ3n) is 4.46. The molecule has 0 spiro atoms. The van der Waals surface area contributed by atoms with Crippen LogP contribution in [0.5, 0.6) is 0 Å². The van der Waals surface area contributed by atoms with Gasteiger partial charge in [0.2, 0.25) is 11.9 Å². The predicted molar refractivity (Wildman–Crippen MR) is 112 cm³/mol. The van der Waals surface area contributed by atoms with Gasteiger partial charge in [-0.05, 0) is 44.0 Å². The number of primary amides is 1. The third-order valence-corrected chi connectivity index (χ3v) is 5.06. The van der Waals surface area contributed by atoms with E-state index in [1.807, 2.05) is 18.4 Å². The quantitative estimate of drug-likeness (QED) is 0.542. The fourth-order valence-electron chi connectivity index (χ4n) is 3.27. The average Bonchev–Trinajstić information content (AvgIpc) is 3.21. The number of aryl methyl sites for hydroxylation is 3. The highest BCUT2D eigenvalue weighted by Gasteiger charge is 2.20. The molecule has 0 radical (unpaired) electrons. The molecule has 148 valence electrons. The molecule has 2 amide bonds. The minimum Gasteiger partial charge on any atom is -0.366 e. The van der Waals surface area contributed by atoms with E-state index >= 15 is 0 Å². The van der Waals surface area contributed by atoms with Gasteiger partial charge < -0.3 is 10.3 Å². The van der Waals surface area contributed by atoms with Crippen molar-refractivity contribution in [3.05, 3.63) is 40.7 Å². The Balaban J connectivity index is 2.10. The van der Waals surface area contributed by atoms with Gasteiger partial charge in [-0.2, -0.15) is 5.10 Å². The maximum atomic E-state index is 12.9. The van der Waals surface area contributed by atoms with E-state index in [4.69, 9.17) is 5.73 Å². The molecule has 8 nitrogen and oxygen atoms in total. The number of rotatable bonds is 7. The molecule has 0 aliphatic carbocycles. The predicted octanol–water partition coefficient (Wildman–Crippen LogP) is 3.22. The van der Waals surface area contributed by atoms with Crippen molar-refractivity contribution in [3.63, 3.8) is 0 Å². The summed E-state index contributed by atoms with van der Waals surface area (Å²) in [4.78, 5) is 29.1. The van der Waals surface area contributed by atoms with Crippen LogP contribution in [0.15, 0.2) is 18.2 Å². The van der Waals surface area contributed by atoms with E-state index in [9.17, 15) is 9.59 Å². The van der Waals surface area contributed by atoms with Gasteiger partial charge in [-0.3, -0.25) is 19.6 Å². The number of anilines is 1. The lowest BCUT2D eigenvalue weighted by Crippen LogP contribution is -2.20. The van der Waals surface area contributed by atoms with Gasteiger partial charge in [-0.15, -0.1) is 0 Å². The number of nitrogens with zero attached hydrogens (tertiary/aromatic N) is 4. The Bertz CT molecular complexity index is 1050. The molecule has 0 bridgehead atoms. The van der Waals surface area contributed by atoms with Gasteiger partial charge in [-0.1, -0.05) is 22.9 Å². The van der Waals surface area contributed by atoms with Crippen LogP contribution in [0.4, 0.5) is 5.95 Å². The first kappa shape index (κ1) is 20.1. The second kappa shape index (κ2) is 8.14. The number of hydrogen-bond donors (Lipinski definition) is 2. The van der Waals surface area contributed by atoms with E-state index in [1.54, 1.807) is 22.9 Å². The molecule has 0 aliphatic heterocycles. The van der Waals surface area contributed by atoms with Crippen LogP contribution in [0.2, 0.25) is 0 Å². The molecule has 28 heavy (non-hydrogen) atoms. The summed E-state index contributed by atoms with van der Waals surface area (Å²) in [5, 5.41) is 7.77. The maximum absolute atomic E-state index is 12.9. The number of aromatic nitrogens is 4. The Kier molecular flexibility index (Phi) is 5.83. The molecule has 1 aromatic carbocycles. The summed E-state index contributed by atoms with van der Waals surface area (Å²) in [5.74, 6) is -0.347. The highest BCUT2D eigenvalue weighted by Crippen LogP contribution is 2.27. The van der Waals surface area contributed by atoms with E-state index in [-0.39, 0.29) is 5.91 Å². The first-order valence-corrected chi connectivity index (χ1v) is 10.3. The summed E-state index contributed by atoms with van der Waals surface area (Å²) in [6.07, 6.45) is 0.861. The highest BCUT2D eigenvalue weighted by molar-refractivity contribution is 9.08. The van der Waals surface area contributed by atoms with Crippen molar-refractivity contribution in [2.75, 3.05) is 5.32 Å². The zero-order valence-corrected chi connectivity index (χ0v) is 17.7. The molecule has 0 saturated carbocycles. The standard InChI is InChI=1S/C19H23BrN6O2/c1-4-6-25-16-13(10-20)8-12(17(21)27)9-14(16)22-19(25)23-18(28)15-7-11(3)24-26(15)5-2/h7-9H,4-6,10H2,1-3H3,(H2,21,27)(H,22,23,28). The molecule has 3 aromatic rings. The van der Waals surface area contributed by atoms with Crippen molar-refractivity contribution in [2.45, 2.75) is 45.6 Å². The second-order valence-electron chi connectivity index (χ2n) is 6.53. The van der Waals surface area contributed by atoms with Gasteiger partial charge in [0.1, 0.15) is 5.69 Å². The molecule has 0 fully saturated rings. The van der Waals surface area contributed by atoms with Crippen LogP contribution in [0.3, 0.4) is 0 Å². The fourth-order valence-corrected chi connectivity index (χ4v) is 3.70. The number of amides is 2. The van der Waals surface area contributed by atoms with Crippen LogP contribution < -0.4 is 11.1 Å². The SMILES string of the molecule is CCCn1c(NC(=O)c2cc(C)nn2CC)nc2cc(C(N)=O)cc(CBr)c21. The second-order valence-corrected chi connectivity index (χ2v) is 7.09. The number of halogens is 1. The Morgan fingerprint density at radius 1 is 1.25 bits per heavy atom. The van der Waals surface area contributed by atoms with Crippen LogP contribution in [0, 0.1) is 6.92 Å². The van der Waals surface area contributed by atoms with Crippen molar-refractivity contribution in [3.8, 4) is 0 Å². The molecule has 0 aliphatic rings. The largest absolute Gasteiger partial charge is 0.366 e. The van der Waals surface area contributed by atoms with Gasteiger partial charge in [0.25, 0.3) is 5.91 Å². The summed E-state index contributed by atoms with van der Waals surface area (Å²) in [7, 11) is 0. The van der Waals surface area contributed by atoms with Crippen LogP contribution in [-0.4, -0.2) is 31.1 Å². The first-order valence-electron chi connectivity index (χ1n) is 9.14. The van der Waals surface area contributed by atoms with Crippen molar-refractivity contribution < 1.29 is 9.59 Å². The Morgan fingerprint density at radius 3 is 2.61 bits per heavy atom. The van der Waals surface area contributed by atoms with E-state index < -0.39 is 5.91 Å². The summed E-state index contributed by atoms with van der Waals surface area (Å²) in [5.41, 5.74) is 9.49. The number of fused-ring (bicyclic) bond motifs is 1. The lowest BCUT2D eigenvalue weighted by Gasteiger charge is -2.11. The zero-order chi connectivity index (χ0) is 20.4. The molecule has 2 heterocycles. The number of benzene rings is 1. The minimum atomic E-state index is -0.512. The lowest BCUT2D eigenvalue weighted by molar-refractivity contribution is 0.0996. The van der Waals surface area contributed by atoms with Gasteiger partial charge in [-0.25, -0.2) is 4.98 Å². The average molecular weight is 447 g/mol. The van der Waals surface area contributed by atoms with Crippen LogP contribution in [0.1, 0.15) is 52.4 Å². The van der Waals surface area contributed by atoms with Gasteiger partial charge >= 0.3 is 0 Å². The fraction of sp³-hybridized carbons (Fsp3) is 0.368. The Morgan fingerprint density at radius 2 is 2.00 bits per heavy atom. The van der Waals surface area contributed by atoms with Crippen molar-refractivity contribution in [1.29, 1.82) is 0 Å². The number of alkyl halides is 1. The molecule has 0 atom stereocenters. The topological polar surface area (TPSA) is 108 Å². The molecular weight excluding hydrogens is 424 g/mol. The molecule has 3 rings (SSSR count). The number of carbonyl (C=O) groups excluding carboxylic acids is 2. The van der Waals surface area contributed by atoms with Crippen LogP contribution in [-0.2, 0) is 18.4 Å². The summed E-state index contributed by atoms with van der Waals surface area (Å²) in [6.45, 7) is 7.11. The van der Waals surface area contributed by atoms with Crippen molar-refractivity contribution in [2.24, 2.45) is 5.73 Å². The van der Waals surface area contributed by atoms with Crippen LogP contribution >= 0.6 is 15.9 Å². The highest BCUT2D eigenvalue weighted by atomic mass is 79.9. The van der Waals surface area contributed by atoms with E-state index in [0.717, 1.165) is 23.2 Å². The molecular formula is C19H23BrN6O2. The monoisotopic (exact) mass is 446 g/mol. The summed E-state index contributed by atoms with van der Waals surface area (Å²) >= 11 is 3.47. The van der Waals surface area contributed by atoms with Gasteiger partial charge in [0.05, 0.1) is 16.7 Å². The third kappa shape index (κ3) is 3.66. The first-order chi connectivity index (χ1) is 13.4. The Hall–Kier alpha value is -2.68. The molecule has 9 heteroatoms. The zero-order valence-electron chi connectivity index (χ0n) is 16.1. The smallest absolute Gasteiger partial charge is 0.276 e. The number of carbonyl (C=O) groups is 2. The normalized spacial score (nSPS) is 11.1. The molecule has 0 saturated heterocycles.